The van der Waals surface area contributed by atoms with Gasteiger partial charge in [0, 0.05) is 30.7 Å². The number of halogens is 1. The van der Waals surface area contributed by atoms with Crippen LogP contribution in [0.25, 0.3) is 0 Å². The highest BCUT2D eigenvalue weighted by Crippen LogP contribution is 2.23. The summed E-state index contributed by atoms with van der Waals surface area (Å²) in [5, 5.41) is 5.96. The van der Waals surface area contributed by atoms with Gasteiger partial charge >= 0.3 is 0 Å². The summed E-state index contributed by atoms with van der Waals surface area (Å²) in [5.41, 5.74) is 2.29. The lowest BCUT2D eigenvalue weighted by Gasteiger charge is -2.32. The van der Waals surface area contributed by atoms with Crippen LogP contribution in [0.3, 0.4) is 0 Å². The van der Waals surface area contributed by atoms with Crippen molar-refractivity contribution in [1.29, 1.82) is 0 Å². The molecule has 0 saturated carbocycles. The van der Waals surface area contributed by atoms with Crippen molar-refractivity contribution in [2.24, 2.45) is 5.92 Å². The average molecular weight is 500 g/mol. The number of anilines is 1. The molecule has 0 aliphatic carbocycles. The van der Waals surface area contributed by atoms with Crippen molar-refractivity contribution in [3.05, 3.63) is 64.1 Å². The lowest BCUT2D eigenvalue weighted by Crippen LogP contribution is -2.40. The normalized spacial score (nSPS) is 21.3. The number of hydrogen-bond donors (Lipinski definition) is 2. The summed E-state index contributed by atoms with van der Waals surface area (Å²) >= 11 is 3.47. The van der Waals surface area contributed by atoms with Gasteiger partial charge in [0.25, 0.3) is 5.91 Å². The summed E-state index contributed by atoms with van der Waals surface area (Å²) in [6.07, 6.45) is 3.93. The van der Waals surface area contributed by atoms with Crippen LogP contribution in [0.5, 0.6) is 0 Å². The van der Waals surface area contributed by atoms with Gasteiger partial charge in [-0.3, -0.25) is 14.5 Å². The zero-order valence-electron chi connectivity index (χ0n) is 18.2. The number of para-hydroxylation sites is 1. The van der Waals surface area contributed by atoms with Crippen LogP contribution in [0.2, 0.25) is 0 Å². The van der Waals surface area contributed by atoms with E-state index >= 15 is 0 Å². The number of ether oxygens (including phenoxy) is 1. The smallest absolute Gasteiger partial charge is 0.253 e. The van der Waals surface area contributed by atoms with E-state index < -0.39 is 0 Å². The van der Waals surface area contributed by atoms with E-state index in [1.165, 1.54) is 5.56 Å². The number of carbonyl (C=O) groups excluding carboxylic acids is 2. The molecule has 32 heavy (non-hydrogen) atoms. The molecule has 6 nitrogen and oxygen atoms in total. The molecule has 2 atom stereocenters. The van der Waals surface area contributed by atoms with Gasteiger partial charge in [0.05, 0.1) is 23.3 Å². The highest BCUT2D eigenvalue weighted by atomic mass is 79.9. The van der Waals surface area contributed by atoms with Crippen LogP contribution in [-0.2, 0) is 16.1 Å². The lowest BCUT2D eigenvalue weighted by molar-refractivity contribution is -0.121. The van der Waals surface area contributed by atoms with Crippen LogP contribution >= 0.6 is 15.9 Å². The van der Waals surface area contributed by atoms with Crippen LogP contribution in [0.4, 0.5) is 5.69 Å². The van der Waals surface area contributed by atoms with Gasteiger partial charge < -0.3 is 15.4 Å². The number of likely N-dealkylation sites (tertiary alicyclic amines) is 1. The van der Waals surface area contributed by atoms with Gasteiger partial charge in [-0.1, -0.05) is 40.2 Å². The molecule has 2 saturated heterocycles. The Morgan fingerprint density at radius 2 is 1.88 bits per heavy atom. The molecule has 0 aromatic heterocycles. The summed E-state index contributed by atoms with van der Waals surface area (Å²) in [4.78, 5) is 28.1. The number of piperidine rings is 1. The maximum atomic E-state index is 13.1. The van der Waals surface area contributed by atoms with Crippen molar-refractivity contribution >= 4 is 33.4 Å². The first-order chi connectivity index (χ1) is 15.6. The summed E-state index contributed by atoms with van der Waals surface area (Å²) in [6, 6.07) is 15.5. The third-order valence-electron chi connectivity index (χ3n) is 6.14. The SMILES string of the molecule is O=C(NCC1CCCO1)c1ccccc1NC(=O)C1CCCN(Cc2ccc(Br)cc2)C1. The van der Waals surface area contributed by atoms with Crippen LogP contribution in [0, 0.1) is 5.92 Å². The van der Waals surface area contributed by atoms with Crippen molar-refractivity contribution in [3.8, 4) is 0 Å². The lowest BCUT2D eigenvalue weighted by atomic mass is 9.96. The second-order valence-corrected chi connectivity index (χ2v) is 9.50. The number of hydrogen-bond acceptors (Lipinski definition) is 4. The Hall–Kier alpha value is -2.22. The van der Waals surface area contributed by atoms with Gasteiger partial charge in [-0.25, -0.2) is 0 Å². The Morgan fingerprint density at radius 1 is 1.06 bits per heavy atom. The zero-order chi connectivity index (χ0) is 22.3. The van der Waals surface area contributed by atoms with Crippen LogP contribution in [0.15, 0.2) is 53.0 Å². The first kappa shape index (κ1) is 23.0. The molecule has 2 heterocycles. The van der Waals surface area contributed by atoms with Crippen molar-refractivity contribution < 1.29 is 14.3 Å². The summed E-state index contributed by atoms with van der Waals surface area (Å²) in [5.74, 6) is -0.302. The van der Waals surface area contributed by atoms with Gasteiger partial charge in [0.1, 0.15) is 0 Å². The molecule has 2 N–H and O–H groups in total. The quantitative estimate of drug-likeness (QED) is 0.598. The largest absolute Gasteiger partial charge is 0.376 e. The van der Waals surface area contributed by atoms with E-state index in [1.807, 2.05) is 24.3 Å². The van der Waals surface area contributed by atoms with Crippen molar-refractivity contribution in [1.82, 2.24) is 10.2 Å². The maximum Gasteiger partial charge on any atom is 0.253 e. The summed E-state index contributed by atoms with van der Waals surface area (Å²) < 4.78 is 6.65. The van der Waals surface area contributed by atoms with Gasteiger partial charge in [-0.05, 0) is 62.1 Å². The van der Waals surface area contributed by atoms with Crippen molar-refractivity contribution in [2.75, 3.05) is 31.6 Å². The molecule has 2 amide bonds. The fourth-order valence-corrected chi connectivity index (χ4v) is 4.66. The van der Waals surface area contributed by atoms with E-state index in [4.69, 9.17) is 4.74 Å². The minimum absolute atomic E-state index is 0.0233. The third kappa shape index (κ3) is 6.18. The summed E-state index contributed by atoms with van der Waals surface area (Å²) in [7, 11) is 0. The van der Waals surface area contributed by atoms with E-state index in [9.17, 15) is 9.59 Å². The zero-order valence-corrected chi connectivity index (χ0v) is 19.8. The molecule has 2 aliphatic rings. The molecule has 2 unspecified atom stereocenters. The Morgan fingerprint density at radius 3 is 2.66 bits per heavy atom. The first-order valence-corrected chi connectivity index (χ1v) is 12.1. The number of rotatable bonds is 7. The number of carbonyl (C=O) groups is 2. The third-order valence-corrected chi connectivity index (χ3v) is 6.67. The maximum absolute atomic E-state index is 13.1. The van der Waals surface area contributed by atoms with Gasteiger partial charge in [-0.2, -0.15) is 0 Å². The second kappa shape index (κ2) is 11.1. The summed E-state index contributed by atoms with van der Waals surface area (Å²) in [6.45, 7) is 3.79. The predicted molar refractivity (Wildman–Crippen MR) is 129 cm³/mol. The van der Waals surface area contributed by atoms with Crippen LogP contribution in [0.1, 0.15) is 41.6 Å². The molecule has 2 aliphatic heterocycles. The Kier molecular flexibility index (Phi) is 7.95. The Bertz CT molecular complexity index is 928. The molecule has 0 spiro atoms. The van der Waals surface area contributed by atoms with E-state index in [0.717, 1.165) is 56.4 Å². The number of amides is 2. The molecular formula is C25H30BrN3O3. The number of nitrogens with one attached hydrogen (secondary N) is 2. The minimum atomic E-state index is -0.183. The number of nitrogens with zero attached hydrogens (tertiary/aromatic N) is 1. The average Bonchev–Trinajstić information content (AvgIpc) is 3.33. The number of benzene rings is 2. The van der Waals surface area contributed by atoms with E-state index in [1.54, 1.807) is 12.1 Å². The molecule has 0 bridgehead atoms. The van der Waals surface area contributed by atoms with Gasteiger partial charge in [-0.15, -0.1) is 0 Å². The standard InChI is InChI=1S/C25H30BrN3O3/c26-20-11-9-18(10-12-20)16-29-13-3-5-19(17-29)24(30)28-23-8-2-1-7-22(23)25(31)27-15-21-6-4-14-32-21/h1-2,7-12,19,21H,3-6,13-17H2,(H,27,31)(H,28,30). The first-order valence-electron chi connectivity index (χ1n) is 11.3. The van der Waals surface area contributed by atoms with E-state index in [-0.39, 0.29) is 23.8 Å². The highest BCUT2D eigenvalue weighted by molar-refractivity contribution is 9.10. The monoisotopic (exact) mass is 499 g/mol. The molecule has 2 fully saturated rings. The molecular weight excluding hydrogens is 470 g/mol. The van der Waals surface area contributed by atoms with Crippen LogP contribution in [-0.4, -0.2) is 49.1 Å². The molecule has 2 aromatic rings. The van der Waals surface area contributed by atoms with E-state index in [0.29, 0.717) is 17.8 Å². The molecule has 7 heteroatoms. The Labute approximate surface area is 197 Å². The van der Waals surface area contributed by atoms with Crippen LogP contribution < -0.4 is 10.6 Å². The molecule has 0 radical (unpaired) electrons. The van der Waals surface area contributed by atoms with Gasteiger partial charge in [0.2, 0.25) is 5.91 Å². The molecule has 170 valence electrons. The van der Waals surface area contributed by atoms with Crippen molar-refractivity contribution in [3.63, 3.8) is 0 Å². The highest BCUT2D eigenvalue weighted by Gasteiger charge is 2.27. The van der Waals surface area contributed by atoms with Crippen molar-refractivity contribution in [2.45, 2.75) is 38.3 Å². The topological polar surface area (TPSA) is 70.7 Å². The Balaban J connectivity index is 1.34. The molecule has 2 aromatic carbocycles. The predicted octanol–water partition coefficient (Wildman–Crippen LogP) is 4.21. The minimum Gasteiger partial charge on any atom is -0.376 e. The molecule has 4 rings (SSSR count). The fourth-order valence-electron chi connectivity index (χ4n) is 4.39. The van der Waals surface area contributed by atoms with Gasteiger partial charge in [0.15, 0.2) is 0 Å². The fraction of sp³-hybridized carbons (Fsp3) is 0.440. The second-order valence-electron chi connectivity index (χ2n) is 8.58. The van der Waals surface area contributed by atoms with E-state index in [2.05, 4.69) is 43.6 Å².